The number of nitrogen functional groups attached to an aromatic ring is 1. The molecule has 0 radical (unpaired) electrons. The smallest absolute Gasteiger partial charge is 0.337 e. The number of esters is 1. The molecule has 6 heteroatoms. The van der Waals surface area contributed by atoms with Gasteiger partial charge in [0.25, 0.3) is 0 Å². The Morgan fingerprint density at radius 2 is 2.28 bits per heavy atom. The zero-order valence-corrected chi connectivity index (χ0v) is 9.92. The Balaban J connectivity index is 2.77. The van der Waals surface area contributed by atoms with E-state index in [1.807, 2.05) is 0 Å². The summed E-state index contributed by atoms with van der Waals surface area (Å²) in [4.78, 5) is 25.6. The topological polar surface area (TPSA) is 103 Å². The first-order chi connectivity index (χ1) is 8.54. The molecule has 0 aliphatic heterocycles. The molecule has 1 heterocycles. The Bertz CT molecular complexity index is 483. The van der Waals surface area contributed by atoms with Crippen LogP contribution in [0.5, 0.6) is 0 Å². The minimum Gasteiger partial charge on any atom is -0.478 e. The second kappa shape index (κ2) is 6.39. The standard InChI is InChI=1S/C12H14N2O4/c1-2-18-10(15)5-3-4-8-6-9(12(16)17)7-14-11(8)13/h3-4,6-7H,2,5H2,1H3,(H2,13,14)(H,16,17). The molecular weight excluding hydrogens is 236 g/mol. The van der Waals surface area contributed by atoms with E-state index in [0.717, 1.165) is 0 Å². The Labute approximate surface area is 104 Å². The second-order valence-electron chi connectivity index (χ2n) is 3.42. The van der Waals surface area contributed by atoms with Gasteiger partial charge < -0.3 is 15.6 Å². The molecule has 18 heavy (non-hydrogen) atoms. The molecule has 0 aliphatic carbocycles. The normalized spacial score (nSPS) is 10.5. The third kappa shape index (κ3) is 3.89. The lowest BCUT2D eigenvalue weighted by atomic mass is 10.1. The van der Waals surface area contributed by atoms with Crippen LogP contribution in [0.3, 0.4) is 0 Å². The Morgan fingerprint density at radius 1 is 1.56 bits per heavy atom. The summed E-state index contributed by atoms with van der Waals surface area (Å²) < 4.78 is 4.74. The predicted molar refractivity (Wildman–Crippen MR) is 65.9 cm³/mol. The molecule has 6 nitrogen and oxygen atoms in total. The van der Waals surface area contributed by atoms with E-state index in [1.54, 1.807) is 19.1 Å². The number of carboxylic acid groups (broad SMARTS) is 1. The summed E-state index contributed by atoms with van der Waals surface area (Å²) in [6, 6.07) is 1.40. The van der Waals surface area contributed by atoms with Crippen molar-refractivity contribution in [3.05, 3.63) is 29.5 Å². The molecule has 0 saturated carbocycles. The van der Waals surface area contributed by atoms with Crippen LogP contribution < -0.4 is 5.73 Å². The highest BCUT2D eigenvalue weighted by molar-refractivity contribution is 5.88. The van der Waals surface area contributed by atoms with Gasteiger partial charge in [0, 0.05) is 11.8 Å². The van der Waals surface area contributed by atoms with Crippen molar-refractivity contribution in [2.24, 2.45) is 0 Å². The molecule has 1 aromatic rings. The summed E-state index contributed by atoms with van der Waals surface area (Å²) in [6.45, 7) is 2.05. The van der Waals surface area contributed by atoms with E-state index in [9.17, 15) is 9.59 Å². The zero-order chi connectivity index (χ0) is 13.5. The summed E-state index contributed by atoms with van der Waals surface area (Å²) in [5.41, 5.74) is 6.09. The highest BCUT2D eigenvalue weighted by Crippen LogP contribution is 2.13. The molecule has 0 saturated heterocycles. The van der Waals surface area contributed by atoms with E-state index in [0.29, 0.717) is 12.2 Å². The van der Waals surface area contributed by atoms with Gasteiger partial charge >= 0.3 is 11.9 Å². The minimum atomic E-state index is -1.08. The number of hydrogen-bond donors (Lipinski definition) is 2. The molecular formula is C12H14N2O4. The summed E-state index contributed by atoms with van der Waals surface area (Å²) in [6.07, 6.45) is 4.38. The molecule has 0 unspecified atom stereocenters. The maximum Gasteiger partial charge on any atom is 0.337 e. The molecule has 0 fully saturated rings. The van der Waals surface area contributed by atoms with Crippen LogP contribution in [0.25, 0.3) is 6.08 Å². The van der Waals surface area contributed by atoms with Gasteiger partial charge in [0.2, 0.25) is 0 Å². The summed E-state index contributed by atoms with van der Waals surface area (Å²) in [7, 11) is 0. The number of aromatic nitrogens is 1. The van der Waals surface area contributed by atoms with Crippen LogP contribution in [0, 0.1) is 0 Å². The molecule has 1 rings (SSSR count). The highest BCUT2D eigenvalue weighted by Gasteiger charge is 2.06. The van der Waals surface area contributed by atoms with E-state index in [1.165, 1.54) is 12.3 Å². The van der Waals surface area contributed by atoms with Crippen molar-refractivity contribution in [1.29, 1.82) is 0 Å². The number of nitrogens with zero attached hydrogens (tertiary/aromatic N) is 1. The van der Waals surface area contributed by atoms with Crippen molar-refractivity contribution in [3.63, 3.8) is 0 Å². The Hall–Kier alpha value is -2.37. The summed E-state index contributed by atoms with van der Waals surface area (Å²) in [5, 5.41) is 8.80. The SMILES string of the molecule is CCOC(=O)CC=Cc1cc(C(=O)O)cnc1N. The van der Waals surface area contributed by atoms with Crippen LogP contribution in [-0.4, -0.2) is 28.6 Å². The van der Waals surface area contributed by atoms with Crippen molar-refractivity contribution in [2.45, 2.75) is 13.3 Å². The molecule has 96 valence electrons. The Kier molecular flexibility index (Phi) is 4.86. The third-order valence-corrected chi connectivity index (χ3v) is 2.08. The van der Waals surface area contributed by atoms with Gasteiger partial charge in [-0.1, -0.05) is 12.2 Å². The van der Waals surface area contributed by atoms with E-state index in [4.69, 9.17) is 15.6 Å². The van der Waals surface area contributed by atoms with E-state index >= 15 is 0 Å². The van der Waals surface area contributed by atoms with Crippen molar-refractivity contribution in [1.82, 2.24) is 4.98 Å². The van der Waals surface area contributed by atoms with Gasteiger partial charge in [0.1, 0.15) is 5.82 Å². The lowest BCUT2D eigenvalue weighted by molar-refractivity contribution is -0.142. The quantitative estimate of drug-likeness (QED) is 0.764. The number of ether oxygens (including phenoxy) is 1. The monoisotopic (exact) mass is 250 g/mol. The maximum absolute atomic E-state index is 11.1. The van der Waals surface area contributed by atoms with Crippen LogP contribution in [0.15, 0.2) is 18.3 Å². The molecule has 0 spiro atoms. The fraction of sp³-hybridized carbons (Fsp3) is 0.250. The number of rotatable bonds is 5. The van der Waals surface area contributed by atoms with Crippen LogP contribution in [-0.2, 0) is 9.53 Å². The lowest BCUT2D eigenvalue weighted by Crippen LogP contribution is -2.02. The van der Waals surface area contributed by atoms with Crippen LogP contribution in [0.1, 0.15) is 29.3 Å². The molecule has 0 atom stereocenters. The largest absolute Gasteiger partial charge is 0.478 e. The van der Waals surface area contributed by atoms with E-state index in [2.05, 4.69) is 4.98 Å². The summed E-state index contributed by atoms with van der Waals surface area (Å²) in [5.74, 6) is -1.22. The van der Waals surface area contributed by atoms with Crippen molar-refractivity contribution in [2.75, 3.05) is 12.3 Å². The molecule has 0 amide bonds. The average molecular weight is 250 g/mol. The number of hydrogen-bond acceptors (Lipinski definition) is 5. The average Bonchev–Trinajstić information content (AvgIpc) is 2.31. The van der Waals surface area contributed by atoms with Gasteiger partial charge in [-0.3, -0.25) is 4.79 Å². The number of carboxylic acids is 1. The van der Waals surface area contributed by atoms with Gasteiger partial charge in [-0.25, -0.2) is 9.78 Å². The fourth-order valence-corrected chi connectivity index (χ4v) is 1.24. The Morgan fingerprint density at radius 3 is 2.89 bits per heavy atom. The second-order valence-corrected chi connectivity index (χ2v) is 3.42. The number of anilines is 1. The van der Waals surface area contributed by atoms with Crippen molar-refractivity contribution < 1.29 is 19.4 Å². The fourth-order valence-electron chi connectivity index (χ4n) is 1.24. The first kappa shape index (κ1) is 13.7. The first-order valence-corrected chi connectivity index (χ1v) is 5.35. The zero-order valence-electron chi connectivity index (χ0n) is 9.92. The van der Waals surface area contributed by atoms with Crippen LogP contribution in [0.2, 0.25) is 0 Å². The number of aromatic carboxylic acids is 1. The molecule has 3 N–H and O–H groups in total. The molecule has 0 bridgehead atoms. The number of carbonyl (C=O) groups excluding carboxylic acids is 1. The third-order valence-electron chi connectivity index (χ3n) is 2.08. The number of carbonyl (C=O) groups is 2. The van der Waals surface area contributed by atoms with Crippen molar-refractivity contribution in [3.8, 4) is 0 Å². The van der Waals surface area contributed by atoms with Gasteiger partial charge in [-0.05, 0) is 13.0 Å². The van der Waals surface area contributed by atoms with Gasteiger partial charge in [-0.2, -0.15) is 0 Å². The predicted octanol–water partition coefficient (Wildman–Crippen LogP) is 1.33. The number of pyridine rings is 1. The van der Waals surface area contributed by atoms with Gasteiger partial charge in [-0.15, -0.1) is 0 Å². The first-order valence-electron chi connectivity index (χ1n) is 5.35. The van der Waals surface area contributed by atoms with E-state index < -0.39 is 5.97 Å². The number of nitrogens with two attached hydrogens (primary N) is 1. The van der Waals surface area contributed by atoms with Gasteiger partial charge in [0.15, 0.2) is 0 Å². The van der Waals surface area contributed by atoms with Crippen molar-refractivity contribution >= 4 is 23.8 Å². The molecule has 0 aliphatic rings. The maximum atomic E-state index is 11.1. The minimum absolute atomic E-state index is 0.0417. The van der Waals surface area contributed by atoms with E-state index in [-0.39, 0.29) is 23.8 Å². The molecule has 0 aromatic carbocycles. The molecule has 1 aromatic heterocycles. The lowest BCUT2D eigenvalue weighted by Gasteiger charge is -2.01. The highest BCUT2D eigenvalue weighted by atomic mass is 16.5. The summed E-state index contributed by atoms with van der Waals surface area (Å²) >= 11 is 0. The van der Waals surface area contributed by atoms with Gasteiger partial charge in [0.05, 0.1) is 18.6 Å². The van der Waals surface area contributed by atoms with Crippen LogP contribution >= 0.6 is 0 Å². The van der Waals surface area contributed by atoms with Crippen LogP contribution in [0.4, 0.5) is 5.82 Å².